The van der Waals surface area contributed by atoms with Crippen LogP contribution in [0.4, 0.5) is 0 Å². The number of nitrogens with one attached hydrogen (secondary N) is 1. The molecule has 0 aromatic rings. The van der Waals surface area contributed by atoms with Gasteiger partial charge in [0.1, 0.15) is 0 Å². The quantitative estimate of drug-likeness (QED) is 0.783. The van der Waals surface area contributed by atoms with Gasteiger partial charge in [0.15, 0.2) is 0 Å². The Bertz CT molecular complexity index is 250. The average Bonchev–Trinajstić information content (AvgIpc) is 2.46. The van der Waals surface area contributed by atoms with E-state index in [4.69, 9.17) is 4.74 Å². The molecule has 19 heavy (non-hydrogen) atoms. The summed E-state index contributed by atoms with van der Waals surface area (Å²) in [5.41, 5.74) is 0. The number of hydrogen-bond donors (Lipinski definition) is 1. The summed E-state index contributed by atoms with van der Waals surface area (Å²) in [6.07, 6.45) is 4.31. The molecule has 0 saturated carbocycles. The molecule has 0 spiro atoms. The van der Waals surface area contributed by atoms with Crippen molar-refractivity contribution in [2.75, 3.05) is 52.4 Å². The van der Waals surface area contributed by atoms with E-state index >= 15 is 0 Å². The molecule has 2 heterocycles. The molecule has 1 N–H and O–H groups in total. The van der Waals surface area contributed by atoms with Gasteiger partial charge >= 0.3 is 0 Å². The molecule has 2 fully saturated rings. The molecule has 0 aromatic carbocycles. The minimum absolute atomic E-state index is 0.415. The van der Waals surface area contributed by atoms with Gasteiger partial charge in [-0.1, -0.05) is 13.8 Å². The summed E-state index contributed by atoms with van der Waals surface area (Å²) in [6, 6.07) is 0.694. The normalized spacial score (nSPS) is 30.6. The maximum atomic E-state index is 5.93. The summed E-state index contributed by atoms with van der Waals surface area (Å²) in [7, 11) is 0. The van der Waals surface area contributed by atoms with Crippen LogP contribution in [-0.4, -0.2) is 74.4 Å². The molecular weight excluding hydrogens is 238 g/mol. The van der Waals surface area contributed by atoms with Crippen LogP contribution < -0.4 is 5.32 Å². The van der Waals surface area contributed by atoms with E-state index in [1.807, 2.05) is 0 Å². The van der Waals surface area contributed by atoms with Crippen LogP contribution in [0.3, 0.4) is 0 Å². The first-order valence-electron chi connectivity index (χ1n) is 8.11. The second kappa shape index (κ2) is 8.20. The number of likely N-dealkylation sites (N-methyl/N-ethyl adjacent to an activating group) is 1. The van der Waals surface area contributed by atoms with Gasteiger partial charge in [-0.3, -0.25) is 9.80 Å². The van der Waals surface area contributed by atoms with E-state index in [0.717, 1.165) is 39.3 Å². The fraction of sp³-hybridized carbons (Fsp3) is 1.00. The number of rotatable bonds is 6. The standard InChI is InChI=1S/C15H31N3O/c1-3-7-16-14-6-5-8-18(11-14)13-15-12-17(4-2)9-10-19-15/h14-16H,3-13H2,1-2H3. The lowest BCUT2D eigenvalue weighted by atomic mass is 10.0. The van der Waals surface area contributed by atoms with E-state index in [9.17, 15) is 0 Å². The van der Waals surface area contributed by atoms with Crippen LogP contribution in [0.2, 0.25) is 0 Å². The lowest BCUT2D eigenvalue weighted by molar-refractivity contribution is -0.0450. The van der Waals surface area contributed by atoms with Crippen LogP contribution in [0.5, 0.6) is 0 Å². The summed E-state index contributed by atoms with van der Waals surface area (Å²) in [6.45, 7) is 13.5. The minimum Gasteiger partial charge on any atom is -0.374 e. The van der Waals surface area contributed by atoms with Crippen molar-refractivity contribution in [3.8, 4) is 0 Å². The fourth-order valence-electron chi connectivity index (χ4n) is 3.20. The molecule has 2 aliphatic heterocycles. The second-order valence-corrected chi connectivity index (χ2v) is 5.94. The van der Waals surface area contributed by atoms with Gasteiger partial charge in [0, 0.05) is 32.2 Å². The first-order valence-corrected chi connectivity index (χ1v) is 8.11. The molecular formula is C15H31N3O. The van der Waals surface area contributed by atoms with Crippen LogP contribution in [0.15, 0.2) is 0 Å². The fourth-order valence-corrected chi connectivity index (χ4v) is 3.20. The lowest BCUT2D eigenvalue weighted by Crippen LogP contribution is -2.52. The van der Waals surface area contributed by atoms with Crippen molar-refractivity contribution in [2.24, 2.45) is 0 Å². The molecule has 2 aliphatic rings. The highest BCUT2D eigenvalue weighted by atomic mass is 16.5. The maximum Gasteiger partial charge on any atom is 0.0829 e. The summed E-state index contributed by atoms with van der Waals surface area (Å²) < 4.78 is 5.93. The Kier molecular flexibility index (Phi) is 6.57. The van der Waals surface area contributed by atoms with Crippen LogP contribution in [0.25, 0.3) is 0 Å². The summed E-state index contributed by atoms with van der Waals surface area (Å²) in [5, 5.41) is 3.67. The van der Waals surface area contributed by atoms with Gasteiger partial charge in [0.2, 0.25) is 0 Å². The summed E-state index contributed by atoms with van der Waals surface area (Å²) >= 11 is 0. The van der Waals surface area contributed by atoms with Crippen molar-refractivity contribution in [1.29, 1.82) is 0 Å². The number of piperidine rings is 1. The minimum atomic E-state index is 0.415. The topological polar surface area (TPSA) is 27.7 Å². The Morgan fingerprint density at radius 3 is 2.84 bits per heavy atom. The van der Waals surface area contributed by atoms with Crippen molar-refractivity contribution >= 4 is 0 Å². The van der Waals surface area contributed by atoms with E-state index in [-0.39, 0.29) is 0 Å². The van der Waals surface area contributed by atoms with Crippen molar-refractivity contribution in [3.63, 3.8) is 0 Å². The van der Waals surface area contributed by atoms with E-state index in [0.29, 0.717) is 12.1 Å². The second-order valence-electron chi connectivity index (χ2n) is 5.94. The summed E-state index contributed by atoms with van der Waals surface area (Å²) in [5.74, 6) is 0. The zero-order valence-corrected chi connectivity index (χ0v) is 12.7. The zero-order chi connectivity index (χ0) is 13.5. The Balaban J connectivity index is 1.72. The molecule has 2 atom stereocenters. The predicted molar refractivity (Wildman–Crippen MR) is 79.6 cm³/mol. The van der Waals surface area contributed by atoms with Crippen LogP contribution in [0.1, 0.15) is 33.1 Å². The highest BCUT2D eigenvalue weighted by Gasteiger charge is 2.25. The van der Waals surface area contributed by atoms with Gasteiger partial charge in [-0.25, -0.2) is 0 Å². The third kappa shape index (κ3) is 5.03. The first kappa shape index (κ1) is 15.2. The molecule has 2 unspecified atom stereocenters. The predicted octanol–water partition coefficient (Wildman–Crippen LogP) is 1.17. The molecule has 0 amide bonds. The highest BCUT2D eigenvalue weighted by molar-refractivity contribution is 4.81. The molecule has 2 rings (SSSR count). The van der Waals surface area contributed by atoms with Crippen molar-refractivity contribution in [2.45, 2.75) is 45.3 Å². The molecule has 112 valence electrons. The zero-order valence-electron chi connectivity index (χ0n) is 12.7. The molecule has 4 nitrogen and oxygen atoms in total. The van der Waals surface area contributed by atoms with Crippen LogP contribution in [-0.2, 0) is 4.74 Å². The number of ether oxygens (including phenoxy) is 1. The Hall–Kier alpha value is -0.160. The first-order chi connectivity index (χ1) is 9.31. The molecule has 0 bridgehead atoms. The average molecular weight is 269 g/mol. The molecule has 0 aliphatic carbocycles. The van der Waals surface area contributed by atoms with E-state index in [1.165, 1.54) is 32.4 Å². The van der Waals surface area contributed by atoms with Gasteiger partial charge in [0.25, 0.3) is 0 Å². The van der Waals surface area contributed by atoms with Crippen LogP contribution >= 0.6 is 0 Å². The van der Waals surface area contributed by atoms with Gasteiger partial charge in [-0.05, 0) is 38.9 Å². The lowest BCUT2D eigenvalue weighted by Gasteiger charge is -2.38. The van der Waals surface area contributed by atoms with Crippen molar-refractivity contribution < 1.29 is 4.74 Å². The van der Waals surface area contributed by atoms with E-state index < -0.39 is 0 Å². The third-order valence-electron chi connectivity index (χ3n) is 4.32. The highest BCUT2D eigenvalue weighted by Crippen LogP contribution is 2.13. The number of hydrogen-bond acceptors (Lipinski definition) is 4. The Morgan fingerprint density at radius 1 is 1.16 bits per heavy atom. The summed E-state index contributed by atoms with van der Waals surface area (Å²) in [4.78, 5) is 5.10. The van der Waals surface area contributed by atoms with Gasteiger partial charge in [-0.15, -0.1) is 0 Å². The number of morpholine rings is 1. The Labute approximate surface area is 118 Å². The smallest absolute Gasteiger partial charge is 0.0829 e. The molecule has 2 saturated heterocycles. The van der Waals surface area contributed by atoms with Crippen molar-refractivity contribution in [1.82, 2.24) is 15.1 Å². The monoisotopic (exact) mass is 269 g/mol. The van der Waals surface area contributed by atoms with Crippen molar-refractivity contribution in [3.05, 3.63) is 0 Å². The molecule has 4 heteroatoms. The maximum absolute atomic E-state index is 5.93. The Morgan fingerprint density at radius 2 is 2.05 bits per heavy atom. The van der Waals surface area contributed by atoms with Crippen LogP contribution in [0, 0.1) is 0 Å². The van der Waals surface area contributed by atoms with Gasteiger partial charge in [0.05, 0.1) is 12.7 Å². The third-order valence-corrected chi connectivity index (χ3v) is 4.32. The van der Waals surface area contributed by atoms with Gasteiger partial charge in [-0.2, -0.15) is 0 Å². The largest absolute Gasteiger partial charge is 0.374 e. The number of likely N-dealkylation sites (tertiary alicyclic amines) is 1. The molecule has 0 aromatic heterocycles. The number of nitrogens with zero attached hydrogens (tertiary/aromatic N) is 2. The van der Waals surface area contributed by atoms with E-state index in [2.05, 4.69) is 29.0 Å². The van der Waals surface area contributed by atoms with E-state index in [1.54, 1.807) is 0 Å². The van der Waals surface area contributed by atoms with Gasteiger partial charge < -0.3 is 10.1 Å². The SMILES string of the molecule is CCCNC1CCCN(CC2CN(CC)CCO2)C1. The molecule has 0 radical (unpaired) electrons.